The summed E-state index contributed by atoms with van der Waals surface area (Å²) in [6, 6.07) is 18.8. The van der Waals surface area contributed by atoms with Gasteiger partial charge < -0.3 is 25.8 Å². The predicted octanol–water partition coefficient (Wildman–Crippen LogP) is 12.3. The fourth-order valence-electron chi connectivity index (χ4n) is 10.1. The van der Waals surface area contributed by atoms with Crippen molar-refractivity contribution in [2.45, 2.75) is 116 Å². The second-order valence-corrected chi connectivity index (χ2v) is 21.4. The number of carbonyl (C=O) groups excluding carboxylic acids is 5. The van der Waals surface area contributed by atoms with Gasteiger partial charge in [0.2, 0.25) is 5.91 Å². The smallest absolute Gasteiger partial charge is 0.323 e. The number of fused-ring (bicyclic) bond motifs is 4. The molecule has 71 heavy (non-hydrogen) atoms. The van der Waals surface area contributed by atoms with E-state index in [4.69, 9.17) is 56.9 Å². The summed E-state index contributed by atoms with van der Waals surface area (Å²) < 4.78 is 39.5. The van der Waals surface area contributed by atoms with Gasteiger partial charge in [0.05, 0.1) is 35.5 Å². The van der Waals surface area contributed by atoms with Crippen LogP contribution in [0.4, 0.5) is 20.2 Å². The van der Waals surface area contributed by atoms with Crippen LogP contribution in [0, 0.1) is 22.5 Å². The Balaban J connectivity index is 0.000000190. The highest BCUT2D eigenvalue weighted by Gasteiger charge is 2.73. The molecule has 4 aromatic carbocycles. The minimum atomic E-state index is -1.26. The van der Waals surface area contributed by atoms with Crippen LogP contribution in [0.2, 0.25) is 20.1 Å². The second-order valence-electron chi connectivity index (χ2n) is 19.8. The molecule has 2 amide bonds. The zero-order chi connectivity index (χ0) is 52.1. The molecular formula is C54H60Cl4F2N4O7. The van der Waals surface area contributed by atoms with Gasteiger partial charge in [-0.3, -0.25) is 29.3 Å². The van der Waals surface area contributed by atoms with E-state index in [1.807, 2.05) is 6.07 Å². The first kappa shape index (κ1) is 55.4. The van der Waals surface area contributed by atoms with E-state index in [-0.39, 0.29) is 57.5 Å². The first-order chi connectivity index (χ1) is 33.5. The number of nitrogens with two attached hydrogens (primary N) is 1. The Morgan fingerprint density at radius 2 is 1.31 bits per heavy atom. The molecule has 2 aliphatic carbocycles. The number of carbonyl (C=O) groups is 5. The van der Waals surface area contributed by atoms with Crippen LogP contribution >= 0.6 is 46.4 Å². The monoisotopic (exact) mass is 1050 g/mol. The zero-order valence-corrected chi connectivity index (χ0v) is 43.7. The number of esters is 2. The molecular weight excluding hydrogens is 996 g/mol. The molecule has 5 aliphatic rings. The number of amides is 2. The minimum Gasteiger partial charge on any atom is -0.465 e. The van der Waals surface area contributed by atoms with Gasteiger partial charge in [0.25, 0.3) is 5.91 Å². The van der Waals surface area contributed by atoms with Gasteiger partial charge in [0.15, 0.2) is 0 Å². The quantitative estimate of drug-likeness (QED) is 0.109. The van der Waals surface area contributed by atoms with Gasteiger partial charge in [0.1, 0.15) is 28.9 Å². The number of hydrogen-bond donors (Lipinski definition) is 4. The molecule has 2 saturated carbocycles. The maximum Gasteiger partial charge on any atom is 0.323 e. The van der Waals surface area contributed by atoms with E-state index < -0.39 is 40.5 Å². The van der Waals surface area contributed by atoms with E-state index in [1.54, 1.807) is 68.4 Å². The molecule has 9 rings (SSSR count). The van der Waals surface area contributed by atoms with Gasteiger partial charge in [-0.2, -0.15) is 0 Å². The van der Waals surface area contributed by atoms with Crippen molar-refractivity contribution in [3.8, 4) is 0 Å². The molecule has 3 aliphatic heterocycles. The molecule has 0 unspecified atom stereocenters. The molecule has 5 N–H and O–H groups in total. The lowest BCUT2D eigenvalue weighted by Crippen LogP contribution is -2.61. The minimum absolute atomic E-state index is 0.0200. The van der Waals surface area contributed by atoms with E-state index >= 15 is 4.39 Å². The lowest BCUT2D eigenvalue weighted by molar-refractivity contribution is -0.146. The number of anilines is 2. The van der Waals surface area contributed by atoms with Crippen molar-refractivity contribution >= 4 is 99.0 Å². The Labute approximate surface area is 433 Å². The van der Waals surface area contributed by atoms with Crippen molar-refractivity contribution in [1.82, 2.24) is 5.32 Å². The summed E-state index contributed by atoms with van der Waals surface area (Å²) in [4.78, 5) is 60.4. The summed E-state index contributed by atoms with van der Waals surface area (Å²) in [6.45, 7) is 12.9. The molecule has 4 aromatic rings. The largest absolute Gasteiger partial charge is 0.465 e. The SMILES string of the molecule is CC1(C)CCC(=O)CC1.CCOC(=O)CN.CCOC(=O)[C@@H]1NC2(CCC(C)(C)CC2)[C@@]2(C(=O)Nc3cc(Cl)ccc32)[C@H]1c1cccc(Cl)c1F.O=C1Nc2cc(Cl)ccc2C1=Cc1cccc(Cl)c1F. The van der Waals surface area contributed by atoms with Crippen LogP contribution in [0.5, 0.6) is 0 Å². The van der Waals surface area contributed by atoms with Gasteiger partial charge in [-0.15, -0.1) is 0 Å². The van der Waals surface area contributed by atoms with E-state index in [9.17, 15) is 28.4 Å². The fraction of sp³-hybridized carbons (Fsp3) is 0.426. The van der Waals surface area contributed by atoms with Gasteiger partial charge in [-0.05, 0) is 117 Å². The summed E-state index contributed by atoms with van der Waals surface area (Å²) in [7, 11) is 0. The third kappa shape index (κ3) is 12.0. The standard InChI is InChI=1S/C27H29Cl2FN2O3.C15H8Cl2FNO.C8H14O.C4H9NO2/c1-4-35-23(33)22-20(16-6-5-7-18(29)21(16)30)27(26(32-22)12-10-25(2,3)11-13-26)17-9-8-15(28)14-19(17)31-24(27)34;16-9-4-5-10-11(15(20)19-13(10)7-9)6-8-2-1-3-12(17)14(8)18;1-8(2)5-3-7(9)4-6-8;1-2-7-4(6)3-5/h5-9,14,20,22,32H,4,10-13H2,1-3H3,(H,31,34);1-7H,(H,19,20);3-6H2,1-2H3;2-3,5H2,1H3/t20-,22+,27+;;;/m0.../s1. The number of rotatable bonds is 6. The first-order valence-electron chi connectivity index (χ1n) is 23.7. The van der Waals surface area contributed by atoms with Crippen LogP contribution in [-0.4, -0.2) is 60.9 Å². The number of halogens is 6. The van der Waals surface area contributed by atoms with Crippen LogP contribution in [0.3, 0.4) is 0 Å². The average molecular weight is 1060 g/mol. The number of Topliss-reactive ketones (excluding diaryl/α,β-unsaturated/α-hetero) is 1. The van der Waals surface area contributed by atoms with Crippen LogP contribution in [0.1, 0.15) is 121 Å². The third-order valence-electron chi connectivity index (χ3n) is 14.0. The summed E-state index contributed by atoms with van der Waals surface area (Å²) in [5, 5.41) is 10.3. The number of ketones is 1. The van der Waals surface area contributed by atoms with Crippen molar-refractivity contribution in [1.29, 1.82) is 0 Å². The fourth-order valence-corrected chi connectivity index (χ4v) is 10.9. The molecule has 11 nitrogen and oxygen atoms in total. The Morgan fingerprint density at radius 3 is 1.90 bits per heavy atom. The Hall–Kier alpha value is -4.89. The van der Waals surface area contributed by atoms with Gasteiger partial charge >= 0.3 is 11.9 Å². The van der Waals surface area contributed by atoms with Crippen molar-refractivity contribution in [3.05, 3.63) is 127 Å². The van der Waals surface area contributed by atoms with Gasteiger partial charge in [-0.25, -0.2) is 8.78 Å². The van der Waals surface area contributed by atoms with Crippen molar-refractivity contribution in [3.63, 3.8) is 0 Å². The Bertz CT molecular complexity index is 2710. The highest BCUT2D eigenvalue weighted by atomic mass is 35.5. The van der Waals surface area contributed by atoms with E-state index in [0.29, 0.717) is 63.2 Å². The number of nitrogens with one attached hydrogen (secondary N) is 3. The Morgan fingerprint density at radius 1 is 0.732 bits per heavy atom. The third-order valence-corrected chi connectivity index (χ3v) is 15.0. The Kier molecular flexibility index (Phi) is 17.9. The highest BCUT2D eigenvalue weighted by molar-refractivity contribution is 6.37. The molecule has 17 heteroatoms. The number of ether oxygens (including phenoxy) is 2. The highest BCUT2D eigenvalue weighted by Crippen LogP contribution is 2.64. The molecule has 380 valence electrons. The van der Waals surface area contributed by atoms with Crippen molar-refractivity contribution < 1.29 is 42.2 Å². The molecule has 0 bridgehead atoms. The van der Waals surface area contributed by atoms with Crippen molar-refractivity contribution in [2.24, 2.45) is 16.6 Å². The normalized spacial score (nSPS) is 22.4. The first-order valence-corrected chi connectivity index (χ1v) is 25.2. The lowest BCUT2D eigenvalue weighted by Gasteiger charge is -2.50. The van der Waals surface area contributed by atoms with Crippen LogP contribution in [0.25, 0.3) is 11.6 Å². The average Bonchev–Trinajstić information content (AvgIpc) is 3.91. The molecule has 3 heterocycles. The summed E-state index contributed by atoms with van der Waals surface area (Å²) >= 11 is 24.1. The number of hydrogen-bond acceptors (Lipinski definition) is 9. The molecule has 2 spiro atoms. The predicted molar refractivity (Wildman–Crippen MR) is 277 cm³/mol. The topological polar surface area (TPSA) is 166 Å². The summed E-state index contributed by atoms with van der Waals surface area (Å²) in [5.74, 6) is -3.00. The molecule has 0 aromatic heterocycles. The molecule has 0 radical (unpaired) electrons. The summed E-state index contributed by atoms with van der Waals surface area (Å²) in [6.07, 6.45) is 8.26. The zero-order valence-electron chi connectivity index (χ0n) is 40.6. The molecule has 3 fully saturated rings. The molecule has 3 atom stereocenters. The number of benzene rings is 4. The summed E-state index contributed by atoms with van der Waals surface area (Å²) in [5.41, 5.74) is 6.86. The van der Waals surface area contributed by atoms with E-state index in [2.05, 4.69) is 48.4 Å². The van der Waals surface area contributed by atoms with Crippen LogP contribution < -0.4 is 21.7 Å². The van der Waals surface area contributed by atoms with Gasteiger partial charge in [-0.1, -0.05) is 110 Å². The lowest BCUT2D eigenvalue weighted by atomic mass is 9.53. The molecule has 1 saturated heterocycles. The maximum absolute atomic E-state index is 15.7. The van der Waals surface area contributed by atoms with Crippen LogP contribution in [-0.2, 0) is 38.9 Å². The van der Waals surface area contributed by atoms with Gasteiger partial charge in [0, 0.05) is 56.7 Å². The second kappa shape index (κ2) is 22.9. The van der Waals surface area contributed by atoms with E-state index in [1.165, 1.54) is 18.2 Å². The maximum atomic E-state index is 15.7. The van der Waals surface area contributed by atoms with Crippen molar-refractivity contribution in [2.75, 3.05) is 30.4 Å². The van der Waals surface area contributed by atoms with Crippen LogP contribution in [0.15, 0.2) is 72.8 Å². The van der Waals surface area contributed by atoms with E-state index in [0.717, 1.165) is 44.1 Å².